The van der Waals surface area contributed by atoms with Gasteiger partial charge >= 0.3 is 0 Å². The van der Waals surface area contributed by atoms with E-state index in [2.05, 4.69) is 67.5 Å². The Labute approximate surface area is 141 Å². The number of hydrogen-bond donors (Lipinski definition) is 1. The third-order valence-electron chi connectivity index (χ3n) is 4.09. The van der Waals surface area contributed by atoms with Crippen LogP contribution in [0.25, 0.3) is 0 Å². The third-order valence-corrected chi connectivity index (χ3v) is 7.41. The van der Waals surface area contributed by atoms with Crippen molar-refractivity contribution >= 4 is 43.2 Å². The van der Waals surface area contributed by atoms with Gasteiger partial charge in [-0.1, -0.05) is 30.7 Å². The molecule has 1 saturated carbocycles. The van der Waals surface area contributed by atoms with Crippen molar-refractivity contribution in [1.82, 2.24) is 5.32 Å². The van der Waals surface area contributed by atoms with Gasteiger partial charge in [-0.15, -0.1) is 11.3 Å². The lowest BCUT2D eigenvalue weighted by Gasteiger charge is -2.30. The molecule has 1 unspecified atom stereocenters. The third kappa shape index (κ3) is 2.76. The fourth-order valence-electron chi connectivity index (χ4n) is 2.82. The average Bonchev–Trinajstić information content (AvgIpc) is 2.70. The predicted octanol–water partition coefficient (Wildman–Crippen LogP) is 5.85. The molecule has 20 heavy (non-hydrogen) atoms. The van der Waals surface area contributed by atoms with Crippen LogP contribution in [-0.2, 0) is 0 Å². The van der Waals surface area contributed by atoms with Crippen molar-refractivity contribution < 1.29 is 0 Å². The van der Waals surface area contributed by atoms with Gasteiger partial charge in [0.1, 0.15) is 0 Å². The number of nitrogens with one attached hydrogen (secondary N) is 1. The normalized spacial score (nSPS) is 16.9. The molecule has 3 rings (SSSR count). The summed E-state index contributed by atoms with van der Waals surface area (Å²) in [5.74, 6) is 0.758. The first-order valence-electron chi connectivity index (χ1n) is 6.91. The summed E-state index contributed by atoms with van der Waals surface area (Å²) in [4.78, 5) is 1.35. The van der Waals surface area contributed by atoms with E-state index in [0.717, 1.165) is 14.2 Å². The molecule has 1 heterocycles. The van der Waals surface area contributed by atoms with E-state index in [0.29, 0.717) is 0 Å². The SMILES string of the molecule is CNC(c1cc(Br)c(Br)s1)c1ccccc1C1CCC1. The number of hydrogen-bond acceptors (Lipinski definition) is 2. The van der Waals surface area contributed by atoms with Gasteiger partial charge in [0.05, 0.1) is 9.83 Å². The molecule has 106 valence electrons. The Hall–Kier alpha value is -0.160. The molecule has 0 bridgehead atoms. The van der Waals surface area contributed by atoms with Crippen LogP contribution in [0.15, 0.2) is 38.6 Å². The van der Waals surface area contributed by atoms with Crippen LogP contribution in [0.2, 0.25) is 0 Å². The smallest absolute Gasteiger partial charge is 0.0843 e. The van der Waals surface area contributed by atoms with Gasteiger partial charge in [-0.3, -0.25) is 0 Å². The zero-order valence-electron chi connectivity index (χ0n) is 11.3. The minimum atomic E-state index is 0.277. The average molecular weight is 415 g/mol. The highest BCUT2D eigenvalue weighted by Crippen LogP contribution is 2.43. The summed E-state index contributed by atoms with van der Waals surface area (Å²) in [7, 11) is 2.05. The molecule has 1 aliphatic carbocycles. The zero-order valence-corrected chi connectivity index (χ0v) is 15.3. The Balaban J connectivity index is 2.00. The van der Waals surface area contributed by atoms with Crippen molar-refractivity contribution in [2.24, 2.45) is 0 Å². The second-order valence-corrected chi connectivity index (χ2v) is 8.50. The molecule has 0 aliphatic heterocycles. The number of benzene rings is 1. The van der Waals surface area contributed by atoms with E-state index < -0.39 is 0 Å². The Kier molecular flexibility index (Phi) is 4.65. The highest BCUT2D eigenvalue weighted by molar-refractivity contribution is 9.13. The minimum Gasteiger partial charge on any atom is -0.309 e. The van der Waals surface area contributed by atoms with Crippen LogP contribution in [0.5, 0.6) is 0 Å². The van der Waals surface area contributed by atoms with Crippen molar-refractivity contribution in [3.8, 4) is 0 Å². The van der Waals surface area contributed by atoms with Crippen LogP contribution < -0.4 is 5.32 Å². The maximum atomic E-state index is 3.60. The van der Waals surface area contributed by atoms with Crippen LogP contribution >= 0.6 is 43.2 Å². The molecule has 1 fully saturated rings. The molecule has 1 aromatic heterocycles. The monoisotopic (exact) mass is 413 g/mol. The molecule has 0 amide bonds. The van der Waals surface area contributed by atoms with Crippen molar-refractivity contribution in [1.29, 1.82) is 0 Å². The lowest BCUT2D eigenvalue weighted by molar-refractivity contribution is 0.415. The van der Waals surface area contributed by atoms with Gasteiger partial charge in [-0.2, -0.15) is 0 Å². The Bertz CT molecular complexity index is 585. The van der Waals surface area contributed by atoms with Crippen molar-refractivity contribution in [2.45, 2.75) is 31.2 Å². The summed E-state index contributed by atoms with van der Waals surface area (Å²) < 4.78 is 2.30. The number of rotatable bonds is 4. The molecular formula is C16H17Br2NS. The first-order valence-corrected chi connectivity index (χ1v) is 9.31. The van der Waals surface area contributed by atoms with Gasteiger partial charge in [-0.05, 0) is 74.9 Å². The fourth-order valence-corrected chi connectivity index (χ4v) is 5.04. The molecule has 4 heteroatoms. The van der Waals surface area contributed by atoms with Crippen LogP contribution in [0, 0.1) is 0 Å². The Morgan fingerprint density at radius 2 is 2.00 bits per heavy atom. The second-order valence-electron chi connectivity index (χ2n) is 5.25. The van der Waals surface area contributed by atoms with E-state index in [4.69, 9.17) is 0 Å². The summed E-state index contributed by atoms with van der Waals surface area (Å²) in [6, 6.07) is 11.4. The second kappa shape index (κ2) is 6.30. The van der Waals surface area contributed by atoms with Gasteiger partial charge in [-0.25, -0.2) is 0 Å². The van der Waals surface area contributed by atoms with E-state index in [-0.39, 0.29) is 6.04 Å². The zero-order chi connectivity index (χ0) is 14.1. The molecule has 1 aliphatic rings. The lowest BCUT2D eigenvalue weighted by atomic mass is 9.77. The van der Waals surface area contributed by atoms with E-state index in [1.807, 2.05) is 7.05 Å². The van der Waals surface area contributed by atoms with E-state index in [1.54, 1.807) is 11.3 Å². The number of thiophene rings is 1. The molecule has 2 aromatic rings. The van der Waals surface area contributed by atoms with E-state index in [1.165, 1.54) is 35.3 Å². The fraction of sp³-hybridized carbons (Fsp3) is 0.375. The summed E-state index contributed by atoms with van der Waals surface area (Å²) in [5, 5.41) is 3.49. The molecule has 1 nitrogen and oxygen atoms in total. The van der Waals surface area contributed by atoms with Crippen molar-refractivity contribution in [3.63, 3.8) is 0 Å². The highest BCUT2D eigenvalue weighted by atomic mass is 79.9. The molecule has 1 aromatic carbocycles. The highest BCUT2D eigenvalue weighted by Gasteiger charge is 2.26. The standard InChI is InChI=1S/C16H17Br2NS/c1-19-15(14-9-13(17)16(18)20-14)12-8-3-2-7-11(12)10-5-4-6-10/h2-3,7-10,15,19H,4-6H2,1H3. The van der Waals surface area contributed by atoms with Gasteiger partial charge in [0.2, 0.25) is 0 Å². The summed E-state index contributed by atoms with van der Waals surface area (Å²) in [5.41, 5.74) is 2.96. The Morgan fingerprint density at radius 1 is 1.25 bits per heavy atom. The predicted molar refractivity (Wildman–Crippen MR) is 93.7 cm³/mol. The molecule has 0 radical (unpaired) electrons. The van der Waals surface area contributed by atoms with Crippen LogP contribution in [0.1, 0.15) is 47.2 Å². The molecular weight excluding hydrogens is 398 g/mol. The molecule has 1 N–H and O–H groups in total. The van der Waals surface area contributed by atoms with Gasteiger partial charge in [0.25, 0.3) is 0 Å². The topological polar surface area (TPSA) is 12.0 Å². The molecule has 0 spiro atoms. The molecule has 0 saturated heterocycles. The van der Waals surface area contributed by atoms with Gasteiger partial charge in [0.15, 0.2) is 0 Å². The van der Waals surface area contributed by atoms with E-state index in [9.17, 15) is 0 Å². The maximum Gasteiger partial charge on any atom is 0.0843 e. The quantitative estimate of drug-likeness (QED) is 0.661. The number of halogens is 2. The van der Waals surface area contributed by atoms with Gasteiger partial charge in [0, 0.05) is 9.35 Å². The van der Waals surface area contributed by atoms with E-state index >= 15 is 0 Å². The molecule has 1 atom stereocenters. The van der Waals surface area contributed by atoms with Crippen LogP contribution in [-0.4, -0.2) is 7.05 Å². The summed E-state index contributed by atoms with van der Waals surface area (Å²) >= 11 is 8.99. The minimum absolute atomic E-state index is 0.277. The Morgan fingerprint density at radius 3 is 2.55 bits per heavy atom. The summed E-state index contributed by atoms with van der Waals surface area (Å²) in [6.07, 6.45) is 4.05. The van der Waals surface area contributed by atoms with Crippen molar-refractivity contribution in [3.05, 3.63) is 54.6 Å². The van der Waals surface area contributed by atoms with Crippen molar-refractivity contribution in [2.75, 3.05) is 7.05 Å². The lowest BCUT2D eigenvalue weighted by Crippen LogP contribution is -2.20. The first kappa shape index (κ1) is 14.8. The van der Waals surface area contributed by atoms with Crippen LogP contribution in [0.3, 0.4) is 0 Å². The van der Waals surface area contributed by atoms with Gasteiger partial charge < -0.3 is 5.32 Å². The maximum absolute atomic E-state index is 3.60. The summed E-state index contributed by atoms with van der Waals surface area (Å²) in [6.45, 7) is 0. The van der Waals surface area contributed by atoms with Crippen LogP contribution in [0.4, 0.5) is 0 Å². The largest absolute Gasteiger partial charge is 0.309 e. The first-order chi connectivity index (χ1) is 9.70.